The molecular weight excluding hydrogens is 273 g/mol. The van der Waals surface area contributed by atoms with Crippen LogP contribution in [-0.2, 0) is 11.4 Å². The van der Waals surface area contributed by atoms with Gasteiger partial charge >= 0.3 is 11.9 Å². The number of alkyl halides is 3. The lowest BCUT2D eigenvalue weighted by molar-refractivity contribution is -0.385. The Kier molecular flexibility index (Phi) is 5.20. The molecule has 1 atom stereocenters. The van der Waals surface area contributed by atoms with Crippen molar-refractivity contribution in [2.75, 3.05) is 13.2 Å². The van der Waals surface area contributed by atoms with Gasteiger partial charge in [0.1, 0.15) is 12.4 Å². The van der Waals surface area contributed by atoms with Crippen LogP contribution in [-0.4, -0.2) is 45.2 Å². The molecule has 0 aliphatic rings. The fourth-order valence-electron chi connectivity index (χ4n) is 1.12. The van der Waals surface area contributed by atoms with Gasteiger partial charge in [0, 0.05) is 6.54 Å². The highest BCUT2D eigenvalue weighted by Crippen LogP contribution is 2.13. The molecule has 0 amide bonds. The molecule has 0 aliphatic carbocycles. The van der Waals surface area contributed by atoms with Gasteiger partial charge in [-0.2, -0.15) is 23.8 Å². The molecule has 0 radical (unpaired) electrons. The molecule has 19 heavy (non-hydrogen) atoms. The zero-order valence-corrected chi connectivity index (χ0v) is 9.50. The van der Waals surface area contributed by atoms with Crippen LogP contribution in [0.2, 0.25) is 0 Å². The first-order valence-electron chi connectivity index (χ1n) is 5.04. The minimum atomic E-state index is -4.46. The average molecular weight is 284 g/mol. The lowest BCUT2D eigenvalue weighted by Gasteiger charge is -2.12. The number of aliphatic hydroxyl groups is 1. The smallest absolute Gasteiger partial charge is 0.390 e. The van der Waals surface area contributed by atoms with Gasteiger partial charge in [0.15, 0.2) is 6.61 Å². The van der Waals surface area contributed by atoms with Crippen LogP contribution in [0.1, 0.15) is 0 Å². The summed E-state index contributed by atoms with van der Waals surface area (Å²) in [5, 5.41) is 23.4. The minimum absolute atomic E-state index is 0.115. The van der Waals surface area contributed by atoms with E-state index in [1.165, 1.54) is 0 Å². The predicted octanol–water partition coefficient (Wildman–Crippen LogP) is 0.236. The van der Waals surface area contributed by atoms with Crippen LogP contribution in [0.3, 0.4) is 0 Å². The summed E-state index contributed by atoms with van der Waals surface area (Å²) in [6.07, 6.45) is -3.46. The fourth-order valence-corrected chi connectivity index (χ4v) is 1.12. The summed E-state index contributed by atoms with van der Waals surface area (Å²) in [4.78, 5) is 13.8. The Hall–Kier alpha value is -1.72. The molecule has 1 aromatic heterocycles. The Labute approximate surface area is 104 Å². The Morgan fingerprint density at radius 2 is 2.32 bits per heavy atom. The standard InChI is InChI=1S/C8H11F3N4O4/c9-8(10,11)5-19-13-2-7(16)4-14-3-6(1-12-14)15(17)18/h1,3,7,13,16H,2,4-5H2. The third-order valence-corrected chi connectivity index (χ3v) is 1.89. The molecule has 11 heteroatoms. The number of aromatic nitrogens is 2. The van der Waals surface area contributed by atoms with Crippen LogP contribution in [0.25, 0.3) is 0 Å². The minimum Gasteiger partial charge on any atom is -0.390 e. The van der Waals surface area contributed by atoms with Crippen LogP contribution >= 0.6 is 0 Å². The van der Waals surface area contributed by atoms with Gasteiger partial charge in [-0.25, -0.2) is 0 Å². The lowest BCUT2D eigenvalue weighted by Crippen LogP contribution is -2.33. The Morgan fingerprint density at radius 1 is 1.63 bits per heavy atom. The maximum atomic E-state index is 11.7. The van der Waals surface area contributed by atoms with Gasteiger partial charge in [-0.15, -0.1) is 0 Å². The van der Waals surface area contributed by atoms with E-state index >= 15 is 0 Å². The third kappa shape index (κ3) is 6.13. The summed E-state index contributed by atoms with van der Waals surface area (Å²) < 4.78 is 36.2. The molecule has 108 valence electrons. The van der Waals surface area contributed by atoms with Crippen molar-refractivity contribution in [1.29, 1.82) is 0 Å². The Bertz CT molecular complexity index is 422. The lowest BCUT2D eigenvalue weighted by atomic mass is 10.3. The number of hydroxylamine groups is 1. The first-order chi connectivity index (χ1) is 8.78. The summed E-state index contributed by atoms with van der Waals surface area (Å²) in [6.45, 7) is -1.87. The van der Waals surface area contributed by atoms with Gasteiger partial charge in [-0.1, -0.05) is 0 Å². The van der Waals surface area contributed by atoms with Gasteiger partial charge in [0.05, 0.1) is 17.6 Å². The van der Waals surface area contributed by atoms with Crippen molar-refractivity contribution in [3.05, 3.63) is 22.5 Å². The first kappa shape index (κ1) is 15.3. The highest BCUT2D eigenvalue weighted by Gasteiger charge is 2.27. The number of halogens is 3. The fraction of sp³-hybridized carbons (Fsp3) is 0.625. The Balaban J connectivity index is 2.27. The topological polar surface area (TPSA) is 102 Å². The predicted molar refractivity (Wildman–Crippen MR) is 54.9 cm³/mol. The van der Waals surface area contributed by atoms with E-state index in [9.17, 15) is 28.4 Å². The summed E-state index contributed by atoms with van der Waals surface area (Å²) >= 11 is 0. The van der Waals surface area contributed by atoms with Crippen molar-refractivity contribution in [1.82, 2.24) is 15.3 Å². The monoisotopic (exact) mass is 284 g/mol. The number of hydrogen-bond acceptors (Lipinski definition) is 6. The molecule has 1 heterocycles. The van der Waals surface area contributed by atoms with Crippen molar-refractivity contribution < 1.29 is 28.0 Å². The zero-order valence-electron chi connectivity index (χ0n) is 9.50. The second-order valence-corrected chi connectivity index (χ2v) is 3.58. The van der Waals surface area contributed by atoms with Crippen molar-refractivity contribution in [3.63, 3.8) is 0 Å². The number of nitro groups is 1. The van der Waals surface area contributed by atoms with Crippen molar-refractivity contribution in [2.24, 2.45) is 0 Å². The van der Waals surface area contributed by atoms with Crippen LogP contribution < -0.4 is 5.48 Å². The molecule has 0 bridgehead atoms. The molecule has 0 fully saturated rings. The Morgan fingerprint density at radius 3 is 2.84 bits per heavy atom. The van der Waals surface area contributed by atoms with E-state index in [4.69, 9.17) is 0 Å². The molecule has 1 aromatic rings. The number of aliphatic hydroxyl groups excluding tert-OH is 1. The molecule has 1 unspecified atom stereocenters. The van der Waals surface area contributed by atoms with E-state index in [-0.39, 0.29) is 18.8 Å². The van der Waals surface area contributed by atoms with E-state index in [1.54, 1.807) is 0 Å². The van der Waals surface area contributed by atoms with E-state index < -0.39 is 23.8 Å². The summed E-state index contributed by atoms with van der Waals surface area (Å²) in [5.41, 5.74) is 1.70. The molecule has 1 rings (SSSR count). The molecule has 0 saturated heterocycles. The van der Waals surface area contributed by atoms with Crippen LogP contribution in [0.5, 0.6) is 0 Å². The molecule has 0 saturated carbocycles. The molecule has 0 aliphatic heterocycles. The average Bonchev–Trinajstić information content (AvgIpc) is 2.71. The molecule has 2 N–H and O–H groups in total. The van der Waals surface area contributed by atoms with Crippen molar-refractivity contribution in [3.8, 4) is 0 Å². The van der Waals surface area contributed by atoms with Gasteiger partial charge in [-0.3, -0.25) is 19.6 Å². The zero-order chi connectivity index (χ0) is 14.5. The van der Waals surface area contributed by atoms with Gasteiger partial charge < -0.3 is 5.11 Å². The number of hydrogen-bond donors (Lipinski definition) is 2. The molecule has 8 nitrogen and oxygen atoms in total. The molecular formula is C8H11F3N4O4. The number of nitrogens with one attached hydrogen (secondary N) is 1. The normalized spacial score (nSPS) is 13.5. The summed E-state index contributed by atoms with van der Waals surface area (Å²) in [6, 6.07) is 0. The largest absolute Gasteiger partial charge is 0.413 e. The van der Waals surface area contributed by atoms with Gasteiger partial charge in [0.2, 0.25) is 0 Å². The maximum Gasteiger partial charge on any atom is 0.413 e. The van der Waals surface area contributed by atoms with Crippen LogP contribution in [0.4, 0.5) is 18.9 Å². The second-order valence-electron chi connectivity index (χ2n) is 3.58. The van der Waals surface area contributed by atoms with E-state index in [2.05, 4.69) is 9.94 Å². The van der Waals surface area contributed by atoms with E-state index in [0.29, 0.717) is 0 Å². The second kappa shape index (κ2) is 6.45. The van der Waals surface area contributed by atoms with Crippen LogP contribution in [0, 0.1) is 10.1 Å². The summed E-state index contributed by atoms with van der Waals surface area (Å²) in [5.74, 6) is 0. The molecule has 0 spiro atoms. The van der Waals surface area contributed by atoms with Crippen molar-refractivity contribution >= 4 is 5.69 Å². The third-order valence-electron chi connectivity index (χ3n) is 1.89. The van der Waals surface area contributed by atoms with Crippen LogP contribution in [0.15, 0.2) is 12.4 Å². The van der Waals surface area contributed by atoms with Crippen molar-refractivity contribution in [2.45, 2.75) is 18.8 Å². The first-order valence-corrected chi connectivity index (χ1v) is 5.04. The van der Waals surface area contributed by atoms with Gasteiger partial charge in [0.25, 0.3) is 0 Å². The van der Waals surface area contributed by atoms with E-state index in [1.807, 2.05) is 5.48 Å². The highest BCUT2D eigenvalue weighted by atomic mass is 19.4. The number of rotatable bonds is 7. The SMILES string of the molecule is O=[N+]([O-])c1cnn(CC(O)CNOCC(F)(F)F)c1. The van der Waals surface area contributed by atoms with Gasteiger partial charge in [-0.05, 0) is 0 Å². The summed E-state index contributed by atoms with van der Waals surface area (Å²) in [7, 11) is 0. The number of nitrogens with zero attached hydrogens (tertiary/aromatic N) is 3. The highest BCUT2D eigenvalue weighted by molar-refractivity contribution is 5.20. The van der Waals surface area contributed by atoms with E-state index in [0.717, 1.165) is 17.1 Å². The maximum absolute atomic E-state index is 11.7. The molecule has 0 aromatic carbocycles. The quantitative estimate of drug-likeness (QED) is 0.422.